The van der Waals surface area contributed by atoms with Crippen molar-refractivity contribution >= 4 is 0 Å². The first-order valence-electron chi connectivity index (χ1n) is 7.69. The molecule has 0 atom stereocenters. The van der Waals surface area contributed by atoms with Crippen LogP contribution in [0.4, 0.5) is 0 Å². The van der Waals surface area contributed by atoms with Gasteiger partial charge in [-0.25, -0.2) is 0 Å². The summed E-state index contributed by atoms with van der Waals surface area (Å²) in [5, 5.41) is 7.48. The number of likely N-dealkylation sites (tertiary alicyclic amines) is 1. The lowest BCUT2D eigenvalue weighted by Crippen LogP contribution is -2.62. The molecule has 2 fully saturated rings. The summed E-state index contributed by atoms with van der Waals surface area (Å²) in [7, 11) is 0. The van der Waals surface area contributed by atoms with E-state index in [0.29, 0.717) is 5.92 Å². The zero-order valence-electron chi connectivity index (χ0n) is 12.5. The van der Waals surface area contributed by atoms with Crippen LogP contribution in [0.15, 0.2) is 4.52 Å². The summed E-state index contributed by atoms with van der Waals surface area (Å²) < 4.78 is 5.28. The molecule has 20 heavy (non-hydrogen) atoms. The van der Waals surface area contributed by atoms with E-state index in [1.165, 1.54) is 13.1 Å². The van der Waals surface area contributed by atoms with Crippen molar-refractivity contribution in [3.05, 3.63) is 11.7 Å². The van der Waals surface area contributed by atoms with Crippen molar-refractivity contribution in [2.24, 2.45) is 5.92 Å². The van der Waals surface area contributed by atoms with Crippen LogP contribution in [0.25, 0.3) is 0 Å². The topological polar surface area (TPSA) is 57.4 Å². The zero-order chi connectivity index (χ0) is 13.9. The van der Waals surface area contributed by atoms with Crippen molar-refractivity contribution < 1.29 is 4.52 Å². The normalized spacial score (nSPS) is 22.4. The zero-order valence-corrected chi connectivity index (χ0v) is 12.5. The predicted octanol–water partition coefficient (Wildman–Crippen LogP) is 0.358. The molecule has 1 aromatic rings. The van der Waals surface area contributed by atoms with E-state index in [0.717, 1.165) is 56.9 Å². The first-order chi connectivity index (χ1) is 9.70. The fourth-order valence-electron chi connectivity index (χ4n) is 2.94. The fourth-order valence-corrected chi connectivity index (χ4v) is 2.94. The highest BCUT2D eigenvalue weighted by molar-refractivity contribution is 4.94. The molecule has 0 saturated carbocycles. The Labute approximate surface area is 120 Å². The van der Waals surface area contributed by atoms with E-state index in [1.54, 1.807) is 0 Å². The average Bonchev–Trinajstić information content (AvgIpc) is 2.81. The van der Waals surface area contributed by atoms with Crippen LogP contribution in [-0.2, 0) is 13.0 Å². The quantitative estimate of drug-likeness (QED) is 0.840. The van der Waals surface area contributed by atoms with Crippen molar-refractivity contribution in [1.82, 2.24) is 25.3 Å². The number of piperazine rings is 1. The van der Waals surface area contributed by atoms with Gasteiger partial charge in [-0.05, 0) is 5.92 Å². The molecule has 6 nitrogen and oxygen atoms in total. The van der Waals surface area contributed by atoms with Gasteiger partial charge in [-0.1, -0.05) is 19.0 Å². The third kappa shape index (κ3) is 3.37. The molecule has 2 saturated heterocycles. The lowest BCUT2D eigenvalue weighted by atomic mass is 10.1. The van der Waals surface area contributed by atoms with E-state index in [2.05, 4.69) is 39.1 Å². The van der Waals surface area contributed by atoms with E-state index < -0.39 is 0 Å². The van der Waals surface area contributed by atoms with Crippen LogP contribution in [0.3, 0.4) is 0 Å². The van der Waals surface area contributed by atoms with E-state index in [9.17, 15) is 0 Å². The summed E-state index contributed by atoms with van der Waals surface area (Å²) in [4.78, 5) is 9.46. The second-order valence-corrected chi connectivity index (χ2v) is 6.34. The van der Waals surface area contributed by atoms with Crippen molar-refractivity contribution in [3.63, 3.8) is 0 Å². The maximum atomic E-state index is 5.28. The lowest BCUT2D eigenvalue weighted by Gasteiger charge is -2.46. The largest absolute Gasteiger partial charge is 0.339 e. The molecule has 0 spiro atoms. The van der Waals surface area contributed by atoms with Crippen molar-refractivity contribution in [1.29, 1.82) is 0 Å². The van der Waals surface area contributed by atoms with E-state index >= 15 is 0 Å². The Morgan fingerprint density at radius 2 is 2.05 bits per heavy atom. The number of nitrogens with zero attached hydrogens (tertiary/aromatic N) is 4. The van der Waals surface area contributed by atoms with Gasteiger partial charge in [0.25, 0.3) is 0 Å². The van der Waals surface area contributed by atoms with Crippen LogP contribution in [0.1, 0.15) is 25.6 Å². The van der Waals surface area contributed by atoms with Crippen LogP contribution in [0.2, 0.25) is 0 Å². The van der Waals surface area contributed by atoms with Gasteiger partial charge in [-0.2, -0.15) is 4.98 Å². The molecular weight excluding hydrogens is 254 g/mol. The van der Waals surface area contributed by atoms with Gasteiger partial charge in [0.15, 0.2) is 5.82 Å². The molecule has 0 aromatic carbocycles. The smallest absolute Gasteiger partial charge is 0.226 e. The Bertz CT molecular complexity index is 421. The number of aromatic nitrogens is 2. The number of rotatable bonds is 5. The van der Waals surface area contributed by atoms with Crippen molar-refractivity contribution in [2.75, 3.05) is 39.3 Å². The molecule has 3 heterocycles. The van der Waals surface area contributed by atoms with Crippen LogP contribution in [0.5, 0.6) is 0 Å². The molecule has 0 unspecified atom stereocenters. The van der Waals surface area contributed by atoms with Gasteiger partial charge in [-0.15, -0.1) is 0 Å². The Kier molecular flexibility index (Phi) is 4.33. The molecule has 1 N–H and O–H groups in total. The molecule has 2 aliphatic rings. The fraction of sp³-hybridized carbons (Fsp3) is 0.857. The highest BCUT2D eigenvalue weighted by atomic mass is 16.5. The Hall–Kier alpha value is -0.980. The molecule has 6 heteroatoms. The minimum Gasteiger partial charge on any atom is -0.339 e. The minimum absolute atomic E-state index is 0.560. The number of hydrogen-bond donors (Lipinski definition) is 1. The predicted molar refractivity (Wildman–Crippen MR) is 76.3 cm³/mol. The molecule has 0 amide bonds. The van der Waals surface area contributed by atoms with Gasteiger partial charge >= 0.3 is 0 Å². The third-order valence-corrected chi connectivity index (χ3v) is 4.06. The van der Waals surface area contributed by atoms with Crippen LogP contribution in [-0.4, -0.2) is 65.3 Å². The Balaban J connectivity index is 1.43. The highest BCUT2D eigenvalue weighted by Gasteiger charge is 2.32. The second kappa shape index (κ2) is 6.20. The second-order valence-electron chi connectivity index (χ2n) is 6.34. The SMILES string of the molecule is CC(C)Cc1nc(CN2CC(N3CCNCC3)C2)no1. The molecule has 3 rings (SSSR count). The molecule has 2 aliphatic heterocycles. The van der Waals surface area contributed by atoms with Crippen LogP contribution < -0.4 is 5.32 Å². The summed E-state index contributed by atoms with van der Waals surface area (Å²) >= 11 is 0. The Morgan fingerprint density at radius 1 is 1.30 bits per heavy atom. The average molecular weight is 279 g/mol. The lowest BCUT2D eigenvalue weighted by molar-refractivity contribution is 0.0204. The Morgan fingerprint density at radius 3 is 2.75 bits per heavy atom. The molecule has 0 aliphatic carbocycles. The van der Waals surface area contributed by atoms with Crippen molar-refractivity contribution in [2.45, 2.75) is 32.9 Å². The first-order valence-corrected chi connectivity index (χ1v) is 7.69. The first kappa shape index (κ1) is 14.0. The van der Waals surface area contributed by atoms with E-state index in [4.69, 9.17) is 4.52 Å². The molecule has 0 bridgehead atoms. The maximum Gasteiger partial charge on any atom is 0.226 e. The molecule has 112 valence electrons. The number of nitrogens with one attached hydrogen (secondary N) is 1. The van der Waals surface area contributed by atoms with Gasteiger partial charge in [0, 0.05) is 51.7 Å². The summed E-state index contributed by atoms with van der Waals surface area (Å²) in [5.41, 5.74) is 0. The van der Waals surface area contributed by atoms with E-state index in [1.807, 2.05) is 0 Å². The minimum atomic E-state index is 0.560. The van der Waals surface area contributed by atoms with Crippen LogP contribution in [0, 0.1) is 5.92 Å². The summed E-state index contributed by atoms with van der Waals surface area (Å²) in [5.74, 6) is 2.16. The third-order valence-electron chi connectivity index (χ3n) is 4.06. The van der Waals surface area contributed by atoms with Gasteiger partial charge in [0.2, 0.25) is 5.89 Å². The van der Waals surface area contributed by atoms with E-state index in [-0.39, 0.29) is 0 Å². The standard InChI is InChI=1S/C14H25N5O/c1-11(2)7-14-16-13(17-20-14)10-18-8-12(9-18)19-5-3-15-4-6-19/h11-12,15H,3-10H2,1-2H3. The highest BCUT2D eigenvalue weighted by Crippen LogP contribution is 2.17. The summed E-state index contributed by atoms with van der Waals surface area (Å²) in [6.45, 7) is 12.0. The van der Waals surface area contributed by atoms with Gasteiger partial charge in [0.05, 0.1) is 6.54 Å². The van der Waals surface area contributed by atoms with Gasteiger partial charge < -0.3 is 9.84 Å². The summed E-state index contributed by atoms with van der Waals surface area (Å²) in [6.07, 6.45) is 0.871. The van der Waals surface area contributed by atoms with Gasteiger partial charge in [0.1, 0.15) is 0 Å². The van der Waals surface area contributed by atoms with Crippen molar-refractivity contribution in [3.8, 4) is 0 Å². The monoisotopic (exact) mass is 279 g/mol. The van der Waals surface area contributed by atoms with Gasteiger partial charge in [-0.3, -0.25) is 9.80 Å². The molecule has 1 aromatic heterocycles. The maximum absolute atomic E-state index is 5.28. The number of hydrogen-bond acceptors (Lipinski definition) is 6. The molecular formula is C14H25N5O. The summed E-state index contributed by atoms with van der Waals surface area (Å²) in [6, 6.07) is 0.721. The van der Waals surface area contributed by atoms with Crippen LogP contribution >= 0.6 is 0 Å². The molecule has 0 radical (unpaired) electrons.